The maximum absolute atomic E-state index is 12.1. The van der Waals surface area contributed by atoms with Gasteiger partial charge >= 0.3 is 5.97 Å². The fraction of sp³-hybridized carbons (Fsp3) is 0.571. The van der Waals surface area contributed by atoms with Crippen LogP contribution in [0.25, 0.3) is 0 Å². The first-order valence-corrected chi connectivity index (χ1v) is 6.19. The molecule has 0 fully saturated rings. The van der Waals surface area contributed by atoms with Gasteiger partial charge in [-0.3, -0.25) is 4.98 Å². The predicted octanol–water partition coefficient (Wildman–Crippen LogP) is 2.86. The fourth-order valence-corrected chi connectivity index (χ4v) is 1.49. The van der Waals surface area contributed by atoms with Gasteiger partial charge in [0.2, 0.25) is 0 Å². The Morgan fingerprint density at radius 3 is 2.50 bits per heavy atom. The lowest BCUT2D eigenvalue weighted by molar-refractivity contribution is -0.156. The molecule has 0 aliphatic carbocycles. The van der Waals surface area contributed by atoms with Crippen molar-refractivity contribution in [3.05, 3.63) is 24.5 Å². The number of aromatic nitrogens is 1. The minimum Gasteiger partial charge on any atom is -0.458 e. The van der Waals surface area contributed by atoms with Crippen molar-refractivity contribution in [3.8, 4) is 0 Å². The molecule has 1 aromatic heterocycles. The van der Waals surface area contributed by atoms with Gasteiger partial charge in [0.05, 0.1) is 5.69 Å². The summed E-state index contributed by atoms with van der Waals surface area (Å²) in [5, 5.41) is 3.16. The molecule has 1 N–H and O–H groups in total. The number of carbonyl (C=O) groups excluding carboxylic acids is 1. The minimum absolute atomic E-state index is 0.139. The van der Waals surface area contributed by atoms with Crippen LogP contribution in [0.3, 0.4) is 0 Å². The molecule has 0 aliphatic rings. The van der Waals surface area contributed by atoms with Crippen LogP contribution >= 0.6 is 0 Å². The summed E-state index contributed by atoms with van der Waals surface area (Å²) in [6.45, 7) is 9.57. The Balaban J connectivity index is 2.75. The molecule has 1 aromatic rings. The summed E-state index contributed by atoms with van der Waals surface area (Å²) < 4.78 is 5.41. The Morgan fingerprint density at radius 1 is 1.39 bits per heavy atom. The number of pyridine rings is 1. The van der Waals surface area contributed by atoms with Crippen LogP contribution in [0.15, 0.2) is 24.5 Å². The van der Waals surface area contributed by atoms with E-state index >= 15 is 0 Å². The molecule has 1 atom stereocenters. The molecule has 18 heavy (non-hydrogen) atoms. The molecule has 0 bridgehead atoms. The molecule has 0 aliphatic heterocycles. The van der Waals surface area contributed by atoms with Crippen molar-refractivity contribution in [1.29, 1.82) is 0 Å². The molecule has 0 amide bonds. The first-order valence-electron chi connectivity index (χ1n) is 6.19. The van der Waals surface area contributed by atoms with E-state index in [0.29, 0.717) is 0 Å². The third kappa shape index (κ3) is 4.73. The molecule has 0 aromatic carbocycles. The number of esters is 1. The second-order valence-corrected chi connectivity index (χ2v) is 5.64. The van der Waals surface area contributed by atoms with E-state index in [2.05, 4.69) is 10.3 Å². The quantitative estimate of drug-likeness (QED) is 0.835. The fourth-order valence-electron chi connectivity index (χ4n) is 1.49. The minimum atomic E-state index is -0.471. The van der Waals surface area contributed by atoms with Crippen molar-refractivity contribution in [2.24, 2.45) is 5.92 Å². The van der Waals surface area contributed by atoms with E-state index in [9.17, 15) is 4.79 Å². The zero-order valence-electron chi connectivity index (χ0n) is 11.7. The summed E-state index contributed by atoms with van der Waals surface area (Å²) in [6.07, 6.45) is 3.39. The lowest BCUT2D eigenvalue weighted by atomic mass is 10.0. The van der Waals surface area contributed by atoms with Gasteiger partial charge in [0, 0.05) is 12.4 Å². The third-order valence-electron chi connectivity index (χ3n) is 2.31. The highest BCUT2D eigenvalue weighted by molar-refractivity contribution is 5.79. The van der Waals surface area contributed by atoms with Gasteiger partial charge in [-0.15, -0.1) is 0 Å². The molecule has 0 unspecified atom stereocenters. The number of rotatable bonds is 4. The van der Waals surface area contributed by atoms with E-state index < -0.39 is 5.60 Å². The highest BCUT2D eigenvalue weighted by atomic mass is 16.6. The largest absolute Gasteiger partial charge is 0.458 e. The second-order valence-electron chi connectivity index (χ2n) is 5.64. The van der Waals surface area contributed by atoms with Crippen molar-refractivity contribution in [2.75, 3.05) is 5.32 Å². The second kappa shape index (κ2) is 5.85. The van der Waals surface area contributed by atoms with Crippen molar-refractivity contribution < 1.29 is 9.53 Å². The molecule has 0 radical (unpaired) electrons. The smallest absolute Gasteiger partial charge is 0.329 e. The van der Waals surface area contributed by atoms with E-state index in [1.165, 1.54) is 0 Å². The number of hydrogen-bond acceptors (Lipinski definition) is 4. The topological polar surface area (TPSA) is 51.2 Å². The maximum atomic E-state index is 12.1. The SMILES string of the molecule is CC(C)[C@@H](Nc1cccnc1)C(=O)OC(C)(C)C. The zero-order chi connectivity index (χ0) is 13.8. The van der Waals surface area contributed by atoms with Crippen LogP contribution < -0.4 is 5.32 Å². The first kappa shape index (κ1) is 14.5. The number of nitrogens with one attached hydrogen (secondary N) is 1. The molecule has 1 rings (SSSR count). The Bertz CT molecular complexity index is 383. The lowest BCUT2D eigenvalue weighted by Gasteiger charge is -2.27. The molecule has 4 heteroatoms. The van der Waals surface area contributed by atoms with Gasteiger partial charge in [-0.05, 0) is 38.8 Å². The average molecular weight is 250 g/mol. The van der Waals surface area contributed by atoms with Crippen LogP contribution in [0.1, 0.15) is 34.6 Å². The Labute approximate surface area is 109 Å². The van der Waals surface area contributed by atoms with Gasteiger partial charge in [-0.2, -0.15) is 0 Å². The van der Waals surface area contributed by atoms with Crippen LogP contribution in [-0.2, 0) is 9.53 Å². The van der Waals surface area contributed by atoms with Crippen LogP contribution in [-0.4, -0.2) is 22.6 Å². The summed E-state index contributed by atoms with van der Waals surface area (Å²) in [5.74, 6) is -0.0959. The number of nitrogens with zero attached hydrogens (tertiary/aromatic N) is 1. The number of anilines is 1. The van der Waals surface area contributed by atoms with E-state index in [-0.39, 0.29) is 17.9 Å². The van der Waals surface area contributed by atoms with Gasteiger partial charge in [-0.25, -0.2) is 4.79 Å². The Hall–Kier alpha value is -1.58. The highest BCUT2D eigenvalue weighted by Crippen LogP contribution is 2.16. The van der Waals surface area contributed by atoms with Crippen LogP contribution in [0, 0.1) is 5.92 Å². The summed E-state index contributed by atoms with van der Waals surface area (Å²) in [4.78, 5) is 16.1. The molecule has 1 heterocycles. The van der Waals surface area contributed by atoms with Gasteiger partial charge in [-0.1, -0.05) is 13.8 Å². The number of hydrogen-bond donors (Lipinski definition) is 1. The van der Waals surface area contributed by atoms with E-state index in [1.807, 2.05) is 46.8 Å². The van der Waals surface area contributed by atoms with Gasteiger partial charge in [0.25, 0.3) is 0 Å². The van der Waals surface area contributed by atoms with Crippen molar-refractivity contribution in [1.82, 2.24) is 4.98 Å². The van der Waals surface area contributed by atoms with Crippen molar-refractivity contribution in [3.63, 3.8) is 0 Å². The first-order chi connectivity index (χ1) is 8.29. The predicted molar refractivity (Wildman–Crippen MR) is 72.3 cm³/mol. The molecule has 100 valence electrons. The van der Waals surface area contributed by atoms with Crippen molar-refractivity contribution in [2.45, 2.75) is 46.3 Å². The summed E-state index contributed by atoms with van der Waals surface area (Å²) in [6, 6.07) is 3.34. The average Bonchev–Trinajstić information content (AvgIpc) is 2.24. The van der Waals surface area contributed by atoms with Gasteiger partial charge in [0.15, 0.2) is 0 Å². The van der Waals surface area contributed by atoms with Crippen molar-refractivity contribution >= 4 is 11.7 Å². The zero-order valence-corrected chi connectivity index (χ0v) is 11.7. The van der Waals surface area contributed by atoms with Gasteiger partial charge in [0.1, 0.15) is 11.6 Å². The molecule has 0 saturated carbocycles. The van der Waals surface area contributed by atoms with Crippen LogP contribution in [0.2, 0.25) is 0 Å². The van der Waals surface area contributed by atoms with E-state index in [4.69, 9.17) is 4.74 Å². The monoisotopic (exact) mass is 250 g/mol. The van der Waals surface area contributed by atoms with Gasteiger partial charge < -0.3 is 10.1 Å². The van der Waals surface area contributed by atoms with E-state index in [0.717, 1.165) is 5.69 Å². The third-order valence-corrected chi connectivity index (χ3v) is 2.31. The molecular weight excluding hydrogens is 228 g/mol. The summed E-state index contributed by atoms with van der Waals surface area (Å²) in [5.41, 5.74) is 0.350. The maximum Gasteiger partial charge on any atom is 0.329 e. The number of carbonyl (C=O) groups is 1. The Kier molecular flexibility index (Phi) is 4.70. The Morgan fingerprint density at radius 2 is 2.06 bits per heavy atom. The molecular formula is C14H22N2O2. The summed E-state index contributed by atoms with van der Waals surface area (Å²) in [7, 11) is 0. The molecule has 0 spiro atoms. The highest BCUT2D eigenvalue weighted by Gasteiger charge is 2.27. The molecule has 4 nitrogen and oxygen atoms in total. The van der Waals surface area contributed by atoms with Crippen LogP contribution in [0.4, 0.5) is 5.69 Å². The normalized spacial score (nSPS) is 13.2. The van der Waals surface area contributed by atoms with E-state index in [1.54, 1.807) is 12.4 Å². The molecule has 0 saturated heterocycles. The van der Waals surface area contributed by atoms with Crippen LogP contribution in [0.5, 0.6) is 0 Å². The lowest BCUT2D eigenvalue weighted by Crippen LogP contribution is -2.39. The number of ether oxygens (including phenoxy) is 1. The standard InChI is InChI=1S/C14H22N2O2/c1-10(2)12(13(17)18-14(3,4)5)16-11-7-6-8-15-9-11/h6-10,12,16H,1-5H3/t12-/m1/s1. The summed E-state index contributed by atoms with van der Waals surface area (Å²) >= 11 is 0.